The third-order valence-electron chi connectivity index (χ3n) is 5.82. The van der Waals surface area contributed by atoms with Gasteiger partial charge in [0.25, 0.3) is 0 Å². The van der Waals surface area contributed by atoms with Crippen molar-refractivity contribution in [3.63, 3.8) is 0 Å². The minimum absolute atomic E-state index is 0.0111. The molecule has 0 bridgehead atoms. The Labute approximate surface area is 237 Å². The first-order chi connectivity index (χ1) is 19.3. The molecule has 15 heteroatoms. The number of phenolic OH excluding ortho intramolecular Hbond substituents is 1. The maximum atomic E-state index is 14.7. The summed E-state index contributed by atoms with van der Waals surface area (Å²) >= 11 is 5.85. The fraction of sp³-hybridized carbons (Fsp3) is 0.269. The molecule has 6 N–H and O–H groups in total. The molecular formula is C26H27ClF2N8O4. The Balaban J connectivity index is 1.79. The van der Waals surface area contributed by atoms with E-state index in [4.69, 9.17) is 17.3 Å². The molecule has 0 spiro atoms. The summed E-state index contributed by atoms with van der Waals surface area (Å²) in [6.45, 7) is 2.52. The topological polar surface area (TPSA) is 172 Å². The van der Waals surface area contributed by atoms with Crippen molar-refractivity contribution in [2.24, 2.45) is 9.98 Å². The molecule has 0 saturated carbocycles. The third-order valence-corrected chi connectivity index (χ3v) is 6.11. The normalized spacial score (nSPS) is 14.9. The maximum absolute atomic E-state index is 14.7. The zero-order chi connectivity index (χ0) is 29.9. The number of aliphatic imine (C=N–C) groups is 2. The van der Waals surface area contributed by atoms with Gasteiger partial charge >= 0.3 is 11.4 Å². The summed E-state index contributed by atoms with van der Waals surface area (Å²) in [6, 6.07) is 4.21. The maximum Gasteiger partial charge on any atom is 0.355 e. The number of aromatic nitrogens is 3. The quantitative estimate of drug-likeness (QED) is 0.109. The number of aromatic hydroxyl groups is 1. The first kappa shape index (κ1) is 29.4. The van der Waals surface area contributed by atoms with Gasteiger partial charge in [-0.15, -0.1) is 0 Å². The number of allylic oxidation sites excluding steroid dienone is 1. The Morgan fingerprint density at radius 1 is 1.22 bits per heavy atom. The Morgan fingerprint density at radius 3 is 2.66 bits per heavy atom. The lowest BCUT2D eigenvalue weighted by atomic mass is 10.1. The summed E-state index contributed by atoms with van der Waals surface area (Å²) in [6.07, 6.45) is 5.46. The molecular weight excluding hydrogens is 562 g/mol. The second-order valence-corrected chi connectivity index (χ2v) is 10.2. The average Bonchev–Trinajstić information content (AvgIpc) is 2.89. The Bertz CT molecular complexity index is 1680. The fourth-order valence-electron chi connectivity index (χ4n) is 3.78. The number of anilines is 3. The van der Waals surface area contributed by atoms with Gasteiger partial charge in [-0.2, -0.15) is 4.98 Å². The van der Waals surface area contributed by atoms with Gasteiger partial charge in [-0.05, 0) is 38.3 Å². The van der Waals surface area contributed by atoms with Gasteiger partial charge in [0, 0.05) is 41.4 Å². The predicted octanol–water partition coefficient (Wildman–Crippen LogP) is 2.12. The van der Waals surface area contributed by atoms with Crippen LogP contribution >= 0.6 is 11.6 Å². The van der Waals surface area contributed by atoms with Crippen LogP contribution in [0.15, 0.2) is 56.1 Å². The van der Waals surface area contributed by atoms with E-state index in [0.717, 1.165) is 15.2 Å². The lowest BCUT2D eigenvalue weighted by Crippen LogP contribution is -2.46. The second-order valence-electron chi connectivity index (χ2n) is 9.80. The van der Waals surface area contributed by atoms with Crippen LogP contribution in [0, 0.1) is 11.6 Å². The number of hydrogen-bond donors (Lipinski definition) is 5. The van der Waals surface area contributed by atoms with Crippen molar-refractivity contribution in [3.05, 3.63) is 85.3 Å². The van der Waals surface area contributed by atoms with E-state index in [-0.39, 0.29) is 46.7 Å². The van der Waals surface area contributed by atoms with Crippen LogP contribution in [0.2, 0.25) is 5.02 Å². The molecule has 12 nitrogen and oxygen atoms in total. The molecule has 1 unspecified atom stereocenters. The van der Waals surface area contributed by atoms with Crippen LogP contribution in [0.1, 0.15) is 25.0 Å². The van der Waals surface area contributed by atoms with Gasteiger partial charge in [0.2, 0.25) is 5.95 Å². The average molecular weight is 589 g/mol. The number of benzene rings is 2. The van der Waals surface area contributed by atoms with E-state index in [1.54, 1.807) is 26.1 Å². The van der Waals surface area contributed by atoms with E-state index in [9.17, 15) is 28.6 Å². The third kappa shape index (κ3) is 7.15. The number of halogens is 3. The SMILES string of the molecule is CC(C)(O)CN=Cc1cc(Nc2nc(=O)n(CC3N=CC=CN3)c(=O)n2Cc2cc(Cl)c(F)cc2F)c(O)cc1N. The van der Waals surface area contributed by atoms with Crippen molar-refractivity contribution in [2.75, 3.05) is 17.6 Å². The number of phenols is 1. The molecule has 0 fully saturated rings. The molecule has 1 aliphatic rings. The summed E-state index contributed by atoms with van der Waals surface area (Å²) in [5.41, 5.74) is 3.43. The van der Waals surface area contributed by atoms with E-state index >= 15 is 0 Å². The van der Waals surface area contributed by atoms with Gasteiger partial charge in [-0.1, -0.05) is 11.6 Å². The molecule has 4 rings (SSSR count). The van der Waals surface area contributed by atoms with Crippen LogP contribution in [0.4, 0.5) is 26.1 Å². The summed E-state index contributed by atoms with van der Waals surface area (Å²) in [7, 11) is 0. The van der Waals surface area contributed by atoms with Crippen LogP contribution in [-0.2, 0) is 13.1 Å². The molecule has 0 aliphatic carbocycles. The first-order valence-corrected chi connectivity index (χ1v) is 12.6. The van der Waals surface area contributed by atoms with E-state index in [1.807, 2.05) is 0 Å². The van der Waals surface area contributed by atoms with Gasteiger partial charge < -0.3 is 26.6 Å². The minimum Gasteiger partial charge on any atom is -0.506 e. The van der Waals surface area contributed by atoms with Crippen molar-refractivity contribution in [1.82, 2.24) is 19.4 Å². The molecule has 2 heterocycles. The highest BCUT2D eigenvalue weighted by Crippen LogP contribution is 2.30. The number of nitrogens with two attached hydrogens (primary N) is 1. The van der Waals surface area contributed by atoms with Gasteiger partial charge in [0.1, 0.15) is 23.5 Å². The highest BCUT2D eigenvalue weighted by molar-refractivity contribution is 6.30. The minimum atomic E-state index is -1.07. The molecule has 41 heavy (non-hydrogen) atoms. The van der Waals surface area contributed by atoms with Crippen LogP contribution in [0.5, 0.6) is 5.75 Å². The number of nitrogens with zero attached hydrogens (tertiary/aromatic N) is 5. The zero-order valence-corrected chi connectivity index (χ0v) is 22.7. The smallest absolute Gasteiger partial charge is 0.355 e. The molecule has 216 valence electrons. The molecule has 1 atom stereocenters. The monoisotopic (exact) mass is 588 g/mol. The van der Waals surface area contributed by atoms with Crippen molar-refractivity contribution in [2.45, 2.75) is 38.7 Å². The second kappa shape index (κ2) is 11.9. The predicted molar refractivity (Wildman–Crippen MR) is 152 cm³/mol. The van der Waals surface area contributed by atoms with Crippen molar-refractivity contribution >= 4 is 41.4 Å². The summed E-state index contributed by atoms with van der Waals surface area (Å²) in [4.78, 5) is 38.8. The number of nitrogens with one attached hydrogen (secondary N) is 2. The van der Waals surface area contributed by atoms with E-state index in [1.165, 1.54) is 24.6 Å². The van der Waals surface area contributed by atoms with E-state index in [0.29, 0.717) is 11.6 Å². The molecule has 3 aromatic rings. The number of hydrogen-bond acceptors (Lipinski definition) is 10. The van der Waals surface area contributed by atoms with Gasteiger partial charge in [0.05, 0.1) is 35.9 Å². The summed E-state index contributed by atoms with van der Waals surface area (Å²) in [5, 5.41) is 25.7. The van der Waals surface area contributed by atoms with E-state index in [2.05, 4.69) is 25.6 Å². The molecule has 1 aromatic heterocycles. The van der Waals surface area contributed by atoms with Crippen LogP contribution in [-0.4, -0.2) is 55.1 Å². The first-order valence-electron chi connectivity index (χ1n) is 12.2. The number of aliphatic hydroxyl groups is 1. The molecule has 2 aromatic carbocycles. The molecule has 0 amide bonds. The number of rotatable bonds is 9. The Morgan fingerprint density at radius 2 is 1.98 bits per heavy atom. The molecule has 1 aliphatic heterocycles. The standard InChI is InChI=1S/C26H27ClF2N8O4/c1-26(2,41)13-31-10-14-7-20(21(38)9-19(14)30)34-23-35-24(39)37(12-22-32-4-3-5-33-22)25(40)36(23)11-15-6-16(27)18(29)8-17(15)28/h3-10,22,32,38,41H,11-13,30H2,1-2H3,(H,34,35,39). The molecule has 0 radical (unpaired) electrons. The van der Waals surface area contributed by atoms with Crippen LogP contribution in [0.3, 0.4) is 0 Å². The van der Waals surface area contributed by atoms with Crippen molar-refractivity contribution in [1.29, 1.82) is 0 Å². The fourth-order valence-corrected chi connectivity index (χ4v) is 3.97. The lowest BCUT2D eigenvalue weighted by molar-refractivity contribution is 0.0906. The highest BCUT2D eigenvalue weighted by Gasteiger charge is 2.20. The van der Waals surface area contributed by atoms with Gasteiger partial charge in [-0.3, -0.25) is 14.6 Å². The van der Waals surface area contributed by atoms with Gasteiger partial charge in [0.15, 0.2) is 0 Å². The van der Waals surface area contributed by atoms with E-state index < -0.39 is 41.3 Å². The largest absolute Gasteiger partial charge is 0.506 e. The Hall–Kier alpha value is -4.56. The van der Waals surface area contributed by atoms with Crippen LogP contribution in [0.25, 0.3) is 0 Å². The zero-order valence-electron chi connectivity index (χ0n) is 22.0. The van der Waals surface area contributed by atoms with Crippen molar-refractivity contribution < 1.29 is 19.0 Å². The van der Waals surface area contributed by atoms with Crippen LogP contribution < -0.4 is 27.7 Å². The lowest BCUT2D eigenvalue weighted by Gasteiger charge is -2.19. The molecule has 0 saturated heterocycles. The highest BCUT2D eigenvalue weighted by atomic mass is 35.5. The van der Waals surface area contributed by atoms with Gasteiger partial charge in [-0.25, -0.2) is 22.9 Å². The summed E-state index contributed by atoms with van der Waals surface area (Å²) in [5.74, 6) is -2.67. The Kier molecular flexibility index (Phi) is 8.54. The van der Waals surface area contributed by atoms with Crippen molar-refractivity contribution in [3.8, 4) is 5.75 Å². The number of nitrogen functional groups attached to an aromatic ring is 1. The summed E-state index contributed by atoms with van der Waals surface area (Å²) < 4.78 is 30.2.